The van der Waals surface area contributed by atoms with Gasteiger partial charge in [-0.05, 0) is 42.5 Å². The predicted octanol–water partition coefficient (Wildman–Crippen LogP) is 4.55. The van der Waals surface area contributed by atoms with Gasteiger partial charge in [0.25, 0.3) is 15.9 Å². The Balaban J connectivity index is 1.74. The van der Waals surface area contributed by atoms with Crippen LogP contribution in [0.1, 0.15) is 10.4 Å². The molecule has 3 rings (SSSR count). The number of hydrogen-bond donors (Lipinski definition) is 2. The zero-order valence-electron chi connectivity index (χ0n) is 16.5. The highest BCUT2D eigenvalue weighted by Gasteiger charge is 2.16. The van der Waals surface area contributed by atoms with E-state index in [2.05, 4.69) is 10.0 Å². The number of anilines is 2. The molecule has 2 N–H and O–H groups in total. The molecule has 0 bridgehead atoms. The number of nitrogens with one attached hydrogen (secondary N) is 2. The lowest BCUT2D eigenvalue weighted by Gasteiger charge is -2.11. The summed E-state index contributed by atoms with van der Waals surface area (Å²) in [6.45, 7) is 0. The number of methoxy groups -OCH3 is 2. The molecule has 0 spiro atoms. The van der Waals surface area contributed by atoms with Crippen molar-refractivity contribution < 1.29 is 27.1 Å². The van der Waals surface area contributed by atoms with E-state index in [1.165, 1.54) is 38.5 Å². The van der Waals surface area contributed by atoms with Crippen LogP contribution in [0.2, 0.25) is 5.02 Å². The predicted molar refractivity (Wildman–Crippen MR) is 116 cm³/mol. The van der Waals surface area contributed by atoms with Gasteiger partial charge >= 0.3 is 0 Å². The van der Waals surface area contributed by atoms with Crippen molar-refractivity contribution in [3.8, 4) is 11.5 Å². The van der Waals surface area contributed by atoms with Crippen molar-refractivity contribution in [3.63, 3.8) is 0 Å². The third-order valence-electron chi connectivity index (χ3n) is 4.21. The number of sulfonamides is 1. The number of carbonyl (C=O) groups is 1. The van der Waals surface area contributed by atoms with E-state index in [4.69, 9.17) is 21.1 Å². The largest absolute Gasteiger partial charge is 0.497 e. The van der Waals surface area contributed by atoms with E-state index in [9.17, 15) is 17.6 Å². The quantitative estimate of drug-likeness (QED) is 0.535. The first-order chi connectivity index (χ1) is 14.7. The van der Waals surface area contributed by atoms with E-state index >= 15 is 0 Å². The summed E-state index contributed by atoms with van der Waals surface area (Å²) in [5, 5.41) is 2.42. The van der Waals surface area contributed by atoms with Gasteiger partial charge in [-0.25, -0.2) is 12.8 Å². The van der Waals surface area contributed by atoms with Crippen molar-refractivity contribution in [3.05, 3.63) is 77.1 Å². The summed E-state index contributed by atoms with van der Waals surface area (Å²) in [6.07, 6.45) is 0. The maximum atomic E-state index is 13.3. The van der Waals surface area contributed by atoms with Crippen molar-refractivity contribution >= 4 is 38.9 Å². The summed E-state index contributed by atoms with van der Waals surface area (Å²) >= 11 is 5.66. The number of rotatable bonds is 7. The van der Waals surface area contributed by atoms with Gasteiger partial charge in [0.05, 0.1) is 24.1 Å². The second kappa shape index (κ2) is 9.23. The minimum absolute atomic E-state index is 0.187. The SMILES string of the molecule is COc1cc(NC(=O)c2ccc(NS(=O)(=O)c3ccc(F)c(Cl)c3)cc2)cc(OC)c1. The average molecular weight is 465 g/mol. The molecule has 0 aliphatic carbocycles. The summed E-state index contributed by atoms with van der Waals surface area (Å²) in [6, 6.07) is 13.8. The Hall–Kier alpha value is -3.30. The molecule has 0 aliphatic heterocycles. The maximum Gasteiger partial charge on any atom is 0.261 e. The van der Waals surface area contributed by atoms with Gasteiger partial charge in [0.15, 0.2) is 0 Å². The van der Waals surface area contributed by atoms with Crippen molar-refractivity contribution in [2.45, 2.75) is 4.90 Å². The van der Waals surface area contributed by atoms with Crippen LogP contribution in [-0.4, -0.2) is 28.5 Å². The molecule has 0 atom stereocenters. The van der Waals surface area contributed by atoms with Crippen LogP contribution < -0.4 is 19.5 Å². The minimum atomic E-state index is -3.98. The van der Waals surface area contributed by atoms with Crippen LogP contribution >= 0.6 is 11.6 Å². The van der Waals surface area contributed by atoms with Crippen LogP contribution in [0.25, 0.3) is 0 Å². The minimum Gasteiger partial charge on any atom is -0.497 e. The third-order valence-corrected chi connectivity index (χ3v) is 5.88. The van der Waals surface area contributed by atoms with E-state index in [1.807, 2.05) is 0 Å². The number of ether oxygens (including phenoxy) is 2. The lowest BCUT2D eigenvalue weighted by Crippen LogP contribution is -2.14. The molecular formula is C21H18ClFN2O5S. The monoisotopic (exact) mass is 464 g/mol. The van der Waals surface area contributed by atoms with Crippen molar-refractivity contribution in [1.82, 2.24) is 0 Å². The first-order valence-electron chi connectivity index (χ1n) is 8.84. The first kappa shape index (κ1) is 22.4. The summed E-state index contributed by atoms with van der Waals surface area (Å²) in [4.78, 5) is 12.3. The van der Waals surface area contributed by atoms with Crippen molar-refractivity contribution in [2.24, 2.45) is 0 Å². The highest BCUT2D eigenvalue weighted by molar-refractivity contribution is 7.92. The average Bonchev–Trinajstić information content (AvgIpc) is 2.75. The highest BCUT2D eigenvalue weighted by Crippen LogP contribution is 2.26. The standard InChI is InChI=1S/C21H18ClFN2O5S/c1-29-16-9-15(10-17(11-16)30-2)24-21(26)13-3-5-14(6-4-13)25-31(27,28)18-7-8-20(23)19(22)12-18/h3-12,25H,1-2H3,(H,24,26). The van der Waals surface area contributed by atoms with Gasteiger partial charge in [0, 0.05) is 35.1 Å². The van der Waals surface area contributed by atoms with Gasteiger partial charge in [-0.2, -0.15) is 0 Å². The number of benzene rings is 3. The van der Waals surface area contributed by atoms with Crippen LogP contribution in [0.4, 0.5) is 15.8 Å². The molecule has 3 aromatic carbocycles. The Labute approximate surface area is 183 Å². The smallest absolute Gasteiger partial charge is 0.261 e. The van der Waals surface area contributed by atoms with Crippen LogP contribution in [0.15, 0.2) is 65.6 Å². The summed E-state index contributed by atoms with van der Waals surface area (Å²) in [5.41, 5.74) is 0.994. The molecule has 0 aliphatic rings. The molecule has 31 heavy (non-hydrogen) atoms. The molecule has 0 fully saturated rings. The lowest BCUT2D eigenvalue weighted by molar-refractivity contribution is 0.102. The zero-order valence-corrected chi connectivity index (χ0v) is 18.1. The molecule has 10 heteroatoms. The van der Waals surface area contributed by atoms with Gasteiger partial charge in [0.1, 0.15) is 17.3 Å². The molecule has 3 aromatic rings. The number of carbonyl (C=O) groups excluding carboxylic acids is 1. The Bertz CT molecular complexity index is 1190. The van der Waals surface area contributed by atoms with E-state index in [1.54, 1.807) is 18.2 Å². The summed E-state index contributed by atoms with van der Waals surface area (Å²) in [5.74, 6) is -0.0970. The molecule has 0 unspecified atom stereocenters. The lowest BCUT2D eigenvalue weighted by atomic mass is 10.2. The van der Waals surface area contributed by atoms with E-state index < -0.39 is 21.7 Å². The summed E-state index contributed by atoms with van der Waals surface area (Å²) in [7, 11) is -0.979. The van der Waals surface area contributed by atoms with Gasteiger partial charge < -0.3 is 14.8 Å². The van der Waals surface area contributed by atoms with Crippen molar-refractivity contribution in [1.29, 1.82) is 0 Å². The highest BCUT2D eigenvalue weighted by atomic mass is 35.5. The molecule has 0 heterocycles. The molecule has 0 saturated carbocycles. The topological polar surface area (TPSA) is 93.7 Å². The van der Waals surface area contributed by atoms with Gasteiger partial charge in [-0.3, -0.25) is 9.52 Å². The normalized spacial score (nSPS) is 11.0. The first-order valence-corrected chi connectivity index (χ1v) is 10.7. The molecule has 0 aromatic heterocycles. The fraction of sp³-hybridized carbons (Fsp3) is 0.0952. The van der Waals surface area contributed by atoms with Crippen LogP contribution in [0, 0.1) is 5.82 Å². The van der Waals surface area contributed by atoms with E-state index in [0.717, 1.165) is 18.2 Å². The number of hydrogen-bond acceptors (Lipinski definition) is 5. The molecule has 0 radical (unpaired) electrons. The van der Waals surface area contributed by atoms with Crippen LogP contribution in [0.3, 0.4) is 0 Å². The fourth-order valence-corrected chi connectivity index (χ4v) is 3.96. The second-order valence-electron chi connectivity index (χ2n) is 6.31. The van der Waals surface area contributed by atoms with Crippen LogP contribution in [-0.2, 0) is 10.0 Å². The fourth-order valence-electron chi connectivity index (χ4n) is 2.63. The molecule has 162 valence electrons. The molecule has 0 saturated heterocycles. The van der Waals surface area contributed by atoms with Crippen molar-refractivity contribution in [2.75, 3.05) is 24.3 Å². The Morgan fingerprint density at radius 3 is 2.06 bits per heavy atom. The van der Waals surface area contributed by atoms with Gasteiger partial charge in [0.2, 0.25) is 0 Å². The maximum absolute atomic E-state index is 13.3. The summed E-state index contributed by atoms with van der Waals surface area (Å²) < 4.78 is 50.9. The Morgan fingerprint density at radius 1 is 0.903 bits per heavy atom. The molecular weight excluding hydrogens is 447 g/mol. The van der Waals surface area contributed by atoms with Crippen LogP contribution in [0.5, 0.6) is 11.5 Å². The zero-order chi connectivity index (χ0) is 22.6. The molecule has 1 amide bonds. The second-order valence-corrected chi connectivity index (χ2v) is 8.40. The number of amides is 1. The number of halogens is 2. The van der Waals surface area contributed by atoms with Gasteiger partial charge in [-0.1, -0.05) is 11.6 Å². The molecule has 7 nitrogen and oxygen atoms in total. The Kier molecular flexibility index (Phi) is 6.67. The van der Waals surface area contributed by atoms with Gasteiger partial charge in [-0.15, -0.1) is 0 Å². The van der Waals surface area contributed by atoms with E-state index in [-0.39, 0.29) is 15.6 Å². The van der Waals surface area contributed by atoms with E-state index in [0.29, 0.717) is 22.7 Å². The Morgan fingerprint density at radius 2 is 1.52 bits per heavy atom. The third kappa shape index (κ3) is 5.44.